The highest BCUT2D eigenvalue weighted by molar-refractivity contribution is 6.10. The molecule has 3 aromatic carbocycles. The van der Waals surface area contributed by atoms with Crippen LogP contribution in [0.5, 0.6) is 0 Å². The Bertz CT molecular complexity index is 1470. The number of oxime groups is 1. The van der Waals surface area contributed by atoms with Crippen LogP contribution in [0.2, 0.25) is 0 Å². The van der Waals surface area contributed by atoms with E-state index in [1.54, 1.807) is 11.0 Å². The first kappa shape index (κ1) is 20.9. The quantitative estimate of drug-likeness (QED) is 0.370. The highest BCUT2D eigenvalue weighted by Gasteiger charge is 2.39. The predicted octanol–water partition coefficient (Wildman–Crippen LogP) is 4.97. The molecule has 172 valence electrons. The van der Waals surface area contributed by atoms with Gasteiger partial charge in [-0.15, -0.1) is 0 Å². The average molecular weight is 462 g/mol. The first-order valence-electron chi connectivity index (χ1n) is 11.4. The lowest BCUT2D eigenvalue weighted by atomic mass is 10.1. The molecule has 0 bridgehead atoms. The number of aryl methyl sites for hydroxylation is 2. The third-order valence-electron chi connectivity index (χ3n) is 6.01. The van der Waals surface area contributed by atoms with Crippen molar-refractivity contribution in [1.82, 2.24) is 24.5 Å². The monoisotopic (exact) mass is 461 g/mol. The Kier molecular flexibility index (Phi) is 5.11. The van der Waals surface area contributed by atoms with Gasteiger partial charge in [0.1, 0.15) is 12.7 Å². The Morgan fingerprint density at radius 3 is 2.14 bits per heavy atom. The van der Waals surface area contributed by atoms with Gasteiger partial charge in [0, 0.05) is 11.3 Å². The molecule has 1 aliphatic rings. The molecule has 1 atom stereocenters. The minimum atomic E-state index is -0.551. The van der Waals surface area contributed by atoms with Crippen LogP contribution >= 0.6 is 0 Å². The number of benzene rings is 3. The van der Waals surface area contributed by atoms with Gasteiger partial charge in [-0.1, -0.05) is 71.4 Å². The van der Waals surface area contributed by atoms with Crippen LogP contribution < -0.4 is 4.90 Å². The van der Waals surface area contributed by atoms with Crippen LogP contribution in [-0.4, -0.2) is 30.4 Å². The summed E-state index contributed by atoms with van der Waals surface area (Å²) < 4.78 is 3.59. The molecule has 3 heterocycles. The summed E-state index contributed by atoms with van der Waals surface area (Å²) in [6.07, 6.45) is 2.63. The predicted molar refractivity (Wildman–Crippen MR) is 134 cm³/mol. The summed E-state index contributed by atoms with van der Waals surface area (Å²) in [6, 6.07) is 28.4. The second-order valence-electron chi connectivity index (χ2n) is 8.35. The van der Waals surface area contributed by atoms with E-state index in [4.69, 9.17) is 9.94 Å². The molecule has 0 radical (unpaired) electrons. The van der Waals surface area contributed by atoms with Gasteiger partial charge in [-0.05, 0) is 38.1 Å². The van der Waals surface area contributed by atoms with E-state index in [1.807, 2.05) is 60.1 Å². The number of aromatic nitrogens is 5. The van der Waals surface area contributed by atoms with E-state index in [9.17, 15) is 0 Å². The second-order valence-corrected chi connectivity index (χ2v) is 8.35. The molecule has 0 saturated heterocycles. The van der Waals surface area contributed by atoms with Crippen molar-refractivity contribution < 1.29 is 4.84 Å². The summed E-state index contributed by atoms with van der Waals surface area (Å²) in [4.78, 5) is 12.5. The molecular formula is C27H23N7O. The van der Waals surface area contributed by atoms with E-state index >= 15 is 0 Å². The zero-order valence-corrected chi connectivity index (χ0v) is 19.4. The first-order chi connectivity index (χ1) is 17.2. The number of nitrogens with zero attached hydrogens (tertiary/aromatic N) is 7. The van der Waals surface area contributed by atoms with Crippen LogP contribution in [0.4, 0.5) is 5.69 Å². The number of rotatable bonds is 5. The molecule has 2 aromatic heterocycles. The molecule has 0 fully saturated rings. The molecule has 1 unspecified atom stereocenters. The van der Waals surface area contributed by atoms with Crippen LogP contribution in [-0.2, 0) is 4.84 Å². The van der Waals surface area contributed by atoms with Crippen LogP contribution in [0.15, 0.2) is 103 Å². The van der Waals surface area contributed by atoms with Crippen LogP contribution in [0.1, 0.15) is 28.6 Å². The van der Waals surface area contributed by atoms with Crippen molar-refractivity contribution in [3.05, 3.63) is 120 Å². The van der Waals surface area contributed by atoms with Crippen molar-refractivity contribution in [1.29, 1.82) is 0 Å². The van der Waals surface area contributed by atoms with Crippen LogP contribution in [0.25, 0.3) is 11.5 Å². The fourth-order valence-corrected chi connectivity index (χ4v) is 4.33. The highest BCUT2D eigenvalue weighted by Crippen LogP contribution is 2.39. The lowest BCUT2D eigenvalue weighted by Gasteiger charge is -2.26. The van der Waals surface area contributed by atoms with Gasteiger partial charge in [0.05, 0.1) is 16.9 Å². The SMILES string of the molecule is Cc1ccc(C2=NOC(c3c(C)nn(-c4ccccc4)c3-n3cncn3)N2c2ccccc2)cc1. The number of para-hydroxylation sites is 2. The molecule has 0 spiro atoms. The van der Waals surface area contributed by atoms with Crippen molar-refractivity contribution in [2.45, 2.75) is 20.1 Å². The van der Waals surface area contributed by atoms with E-state index in [-0.39, 0.29) is 0 Å². The third kappa shape index (κ3) is 3.65. The number of amidine groups is 1. The number of hydrogen-bond acceptors (Lipinski definition) is 6. The van der Waals surface area contributed by atoms with Gasteiger partial charge in [-0.25, -0.2) is 14.3 Å². The summed E-state index contributed by atoms with van der Waals surface area (Å²) in [5.74, 6) is 1.48. The molecule has 5 aromatic rings. The van der Waals surface area contributed by atoms with Crippen molar-refractivity contribution in [2.24, 2.45) is 5.16 Å². The second kappa shape index (κ2) is 8.57. The molecule has 0 N–H and O–H groups in total. The first-order valence-corrected chi connectivity index (χ1v) is 11.4. The standard InChI is InChI=1S/C27H23N7O/c1-19-13-15-21(16-14-19)25-31-35-27(33(25)22-9-5-3-6-10-22)24-20(2)30-34(23-11-7-4-8-12-23)26(24)32-18-28-17-29-32/h3-18,27H,1-2H3. The Hall–Kier alpha value is -4.72. The zero-order valence-electron chi connectivity index (χ0n) is 19.4. The fraction of sp³-hybridized carbons (Fsp3) is 0.111. The normalized spacial score (nSPS) is 15.2. The molecule has 35 heavy (non-hydrogen) atoms. The topological polar surface area (TPSA) is 73.4 Å². The smallest absolute Gasteiger partial charge is 0.237 e. The van der Waals surface area contributed by atoms with Crippen molar-refractivity contribution >= 4 is 11.5 Å². The molecule has 8 heteroatoms. The Balaban J connectivity index is 1.54. The third-order valence-corrected chi connectivity index (χ3v) is 6.01. The molecule has 8 nitrogen and oxygen atoms in total. The lowest BCUT2D eigenvalue weighted by Crippen LogP contribution is -2.32. The fourth-order valence-electron chi connectivity index (χ4n) is 4.33. The van der Waals surface area contributed by atoms with E-state index in [2.05, 4.69) is 63.5 Å². The van der Waals surface area contributed by atoms with E-state index < -0.39 is 6.23 Å². The summed E-state index contributed by atoms with van der Waals surface area (Å²) >= 11 is 0. The van der Waals surface area contributed by atoms with Crippen molar-refractivity contribution in [3.63, 3.8) is 0 Å². The van der Waals surface area contributed by atoms with Gasteiger partial charge in [0.25, 0.3) is 0 Å². The number of hydrogen-bond donors (Lipinski definition) is 0. The van der Waals surface area contributed by atoms with Gasteiger partial charge >= 0.3 is 0 Å². The molecule has 0 saturated carbocycles. The van der Waals surface area contributed by atoms with Crippen LogP contribution in [0.3, 0.4) is 0 Å². The summed E-state index contributed by atoms with van der Waals surface area (Å²) in [7, 11) is 0. The van der Waals surface area contributed by atoms with Gasteiger partial charge in [0.15, 0.2) is 11.7 Å². The van der Waals surface area contributed by atoms with Crippen molar-refractivity contribution in [3.8, 4) is 11.5 Å². The largest absolute Gasteiger partial charge is 0.363 e. The molecule has 1 aliphatic heterocycles. The van der Waals surface area contributed by atoms with E-state index in [1.165, 1.54) is 11.9 Å². The van der Waals surface area contributed by atoms with Gasteiger partial charge in [0.2, 0.25) is 6.23 Å². The van der Waals surface area contributed by atoms with Gasteiger partial charge in [-0.2, -0.15) is 10.2 Å². The molecule has 6 rings (SSSR count). The number of anilines is 1. The van der Waals surface area contributed by atoms with Crippen LogP contribution in [0, 0.1) is 13.8 Å². The summed E-state index contributed by atoms with van der Waals surface area (Å²) in [6.45, 7) is 4.05. The van der Waals surface area contributed by atoms with E-state index in [0.717, 1.165) is 39.8 Å². The van der Waals surface area contributed by atoms with E-state index in [0.29, 0.717) is 0 Å². The maximum atomic E-state index is 6.17. The minimum absolute atomic E-state index is 0.551. The Morgan fingerprint density at radius 2 is 1.49 bits per heavy atom. The molecular weight excluding hydrogens is 438 g/mol. The Labute approximate surface area is 202 Å². The highest BCUT2D eigenvalue weighted by atomic mass is 16.7. The minimum Gasteiger partial charge on any atom is -0.363 e. The average Bonchev–Trinajstić information content (AvgIpc) is 3.64. The summed E-state index contributed by atoms with van der Waals surface area (Å²) in [5.41, 5.74) is 5.70. The maximum Gasteiger partial charge on any atom is 0.237 e. The zero-order chi connectivity index (χ0) is 23.8. The van der Waals surface area contributed by atoms with Crippen molar-refractivity contribution in [2.75, 3.05) is 4.90 Å². The maximum absolute atomic E-state index is 6.17. The molecule has 0 amide bonds. The Morgan fingerprint density at radius 1 is 0.800 bits per heavy atom. The van der Waals surface area contributed by atoms with Gasteiger partial charge in [-0.3, -0.25) is 4.90 Å². The molecule has 0 aliphatic carbocycles. The lowest BCUT2D eigenvalue weighted by molar-refractivity contribution is 0.0862. The summed E-state index contributed by atoms with van der Waals surface area (Å²) in [5, 5.41) is 13.9. The van der Waals surface area contributed by atoms with Gasteiger partial charge < -0.3 is 4.84 Å².